The highest BCUT2D eigenvalue weighted by molar-refractivity contribution is 6.38. The van der Waals surface area contributed by atoms with E-state index in [1.54, 1.807) is 0 Å². The lowest BCUT2D eigenvalue weighted by molar-refractivity contribution is 0.159. The fourth-order valence-electron chi connectivity index (χ4n) is 2.38. The van der Waals surface area contributed by atoms with E-state index in [-0.39, 0.29) is 0 Å². The monoisotopic (exact) mass is 251 g/mol. The van der Waals surface area contributed by atoms with E-state index in [9.17, 15) is 5.11 Å². The predicted octanol–water partition coefficient (Wildman–Crippen LogP) is 2.77. The van der Waals surface area contributed by atoms with Crippen LogP contribution in [0.4, 0.5) is 0 Å². The second-order valence-corrected chi connectivity index (χ2v) is 5.76. The maximum atomic E-state index is 9.19. The normalized spacial score (nSPS) is 23.3. The van der Waals surface area contributed by atoms with Gasteiger partial charge in [-0.25, -0.2) is 0 Å². The van der Waals surface area contributed by atoms with Crippen molar-refractivity contribution in [3.8, 4) is 0 Å². The van der Waals surface area contributed by atoms with Crippen LogP contribution in [0.25, 0.3) is 0 Å². The predicted molar refractivity (Wildman–Crippen MR) is 77.9 cm³/mol. The van der Waals surface area contributed by atoms with Crippen LogP contribution in [0.1, 0.15) is 33.1 Å². The van der Waals surface area contributed by atoms with Gasteiger partial charge in [0.1, 0.15) is 7.28 Å². The molecule has 0 aromatic heterocycles. The van der Waals surface area contributed by atoms with Crippen molar-refractivity contribution >= 4 is 7.28 Å². The van der Waals surface area contributed by atoms with Gasteiger partial charge in [-0.3, -0.25) is 0 Å². The summed E-state index contributed by atoms with van der Waals surface area (Å²) in [6, 6.07) is 0. The molecule has 1 heterocycles. The average molecular weight is 251 g/mol. The first-order valence-electron chi connectivity index (χ1n) is 6.92. The summed E-state index contributed by atoms with van der Waals surface area (Å²) < 4.78 is 5.54. The summed E-state index contributed by atoms with van der Waals surface area (Å²) in [6.07, 6.45) is 4.13. The number of allylic oxidation sites excluding steroid dienone is 1. The van der Waals surface area contributed by atoms with E-state index in [1.165, 1.54) is 0 Å². The Morgan fingerprint density at radius 3 is 2.67 bits per heavy atom. The molecule has 1 rings (SSSR count). The van der Waals surface area contributed by atoms with Crippen molar-refractivity contribution in [1.82, 2.24) is 5.32 Å². The smallest absolute Gasteiger partial charge is 0.178 e. The molecule has 0 saturated carbocycles. The molecule has 1 aliphatic heterocycles. The molecule has 2 N–H and O–H groups in total. The Balaban J connectivity index is 2.18. The second kappa shape index (κ2) is 7.40. The summed E-state index contributed by atoms with van der Waals surface area (Å²) in [5, 5.41) is 12.5. The third kappa shape index (κ3) is 6.03. The average Bonchev–Trinajstić information content (AvgIpc) is 2.28. The quantitative estimate of drug-likeness (QED) is 0.540. The van der Waals surface area contributed by atoms with Gasteiger partial charge in [-0.1, -0.05) is 26.7 Å². The number of rotatable bonds is 7. The van der Waals surface area contributed by atoms with E-state index in [0.29, 0.717) is 36.0 Å². The highest BCUT2D eigenvalue weighted by atomic mass is 16.5. The summed E-state index contributed by atoms with van der Waals surface area (Å²) in [6.45, 7) is 12.4. The van der Waals surface area contributed by atoms with Crippen LogP contribution in [0.2, 0.25) is 6.32 Å². The van der Waals surface area contributed by atoms with E-state index < -0.39 is 0 Å². The minimum Gasteiger partial charge on any atom is -0.513 e. The standard InChI is InChI=1S/C14H26BNO2/c1-10(2)9-18-12(4)16-14-6-5-13(8-15-14)7-11(3)17/h10,13-17H,3-9H2,1-2H3. The summed E-state index contributed by atoms with van der Waals surface area (Å²) >= 11 is 0. The van der Waals surface area contributed by atoms with Crippen LogP contribution in [0.15, 0.2) is 24.8 Å². The lowest BCUT2D eigenvalue weighted by Crippen LogP contribution is -2.38. The third-order valence-electron chi connectivity index (χ3n) is 3.33. The molecule has 3 nitrogen and oxygen atoms in total. The number of nitrogens with one attached hydrogen (secondary N) is 1. The first-order chi connectivity index (χ1) is 8.47. The Hall–Kier alpha value is -1.06. The molecule has 0 aromatic rings. The van der Waals surface area contributed by atoms with Gasteiger partial charge in [0, 0.05) is 12.4 Å². The highest BCUT2D eigenvalue weighted by Crippen LogP contribution is 2.25. The first-order valence-corrected chi connectivity index (χ1v) is 6.92. The number of hydrogen-bond acceptors (Lipinski definition) is 3. The fraction of sp³-hybridized carbons (Fsp3) is 0.714. The topological polar surface area (TPSA) is 41.5 Å². The molecule has 0 radical (unpaired) electrons. The van der Waals surface area contributed by atoms with Gasteiger partial charge in [0.2, 0.25) is 0 Å². The number of hydrogen-bond donors (Lipinski definition) is 2. The van der Waals surface area contributed by atoms with E-state index in [1.807, 2.05) is 0 Å². The molecular weight excluding hydrogens is 225 g/mol. The molecule has 1 aliphatic rings. The van der Waals surface area contributed by atoms with Crippen LogP contribution in [-0.4, -0.2) is 24.9 Å². The fourth-order valence-corrected chi connectivity index (χ4v) is 2.38. The molecule has 102 valence electrons. The Morgan fingerprint density at radius 1 is 1.44 bits per heavy atom. The Kier molecular flexibility index (Phi) is 6.16. The number of aliphatic hydroxyl groups is 1. The van der Waals surface area contributed by atoms with Crippen LogP contribution in [0.3, 0.4) is 0 Å². The Morgan fingerprint density at radius 2 is 2.17 bits per heavy atom. The molecule has 0 spiro atoms. The second-order valence-electron chi connectivity index (χ2n) is 5.76. The molecule has 0 aromatic carbocycles. The van der Waals surface area contributed by atoms with Crippen molar-refractivity contribution in [2.45, 2.75) is 45.4 Å². The molecule has 1 fully saturated rings. The van der Waals surface area contributed by atoms with Crippen LogP contribution < -0.4 is 5.32 Å². The van der Waals surface area contributed by atoms with Gasteiger partial charge in [-0.2, -0.15) is 0 Å². The summed E-state index contributed by atoms with van der Waals surface area (Å²) in [5.41, 5.74) is 0. The Bertz CT molecular complexity index is 284. The minimum atomic E-state index is 0.316. The summed E-state index contributed by atoms with van der Waals surface area (Å²) in [7, 11) is 1.11. The molecule has 1 saturated heterocycles. The van der Waals surface area contributed by atoms with Gasteiger partial charge >= 0.3 is 0 Å². The molecular formula is C14H26BNO2. The lowest BCUT2D eigenvalue weighted by Gasteiger charge is -2.29. The van der Waals surface area contributed by atoms with Crippen LogP contribution in [0.5, 0.6) is 0 Å². The first kappa shape index (κ1) is 15.0. The molecule has 2 unspecified atom stereocenters. The zero-order valence-electron chi connectivity index (χ0n) is 11.7. The van der Waals surface area contributed by atoms with Gasteiger partial charge in [0.15, 0.2) is 5.88 Å². The van der Waals surface area contributed by atoms with E-state index in [0.717, 1.165) is 32.9 Å². The van der Waals surface area contributed by atoms with E-state index >= 15 is 0 Å². The molecule has 0 aliphatic carbocycles. The van der Waals surface area contributed by atoms with Crippen molar-refractivity contribution in [2.24, 2.45) is 11.8 Å². The minimum absolute atomic E-state index is 0.316. The maximum Gasteiger partial charge on any atom is 0.178 e. The number of ether oxygens (including phenoxy) is 1. The van der Waals surface area contributed by atoms with Gasteiger partial charge < -0.3 is 15.2 Å². The van der Waals surface area contributed by atoms with Crippen LogP contribution in [0, 0.1) is 11.8 Å². The van der Waals surface area contributed by atoms with Crippen LogP contribution in [-0.2, 0) is 4.74 Å². The van der Waals surface area contributed by atoms with Gasteiger partial charge in [0.25, 0.3) is 0 Å². The van der Waals surface area contributed by atoms with Crippen molar-refractivity contribution in [1.29, 1.82) is 0 Å². The SMILES string of the molecule is C=C(O)CC1CBC(NC(=C)OCC(C)C)CC1. The lowest BCUT2D eigenvalue weighted by atomic mass is 9.56. The highest BCUT2D eigenvalue weighted by Gasteiger charge is 2.23. The zero-order chi connectivity index (χ0) is 13.5. The largest absolute Gasteiger partial charge is 0.513 e. The van der Waals surface area contributed by atoms with Gasteiger partial charge in [-0.15, -0.1) is 0 Å². The van der Waals surface area contributed by atoms with Crippen molar-refractivity contribution < 1.29 is 9.84 Å². The molecule has 18 heavy (non-hydrogen) atoms. The molecule has 0 bridgehead atoms. The van der Waals surface area contributed by atoms with Crippen molar-refractivity contribution in [2.75, 3.05) is 6.61 Å². The van der Waals surface area contributed by atoms with Crippen LogP contribution >= 0.6 is 0 Å². The molecule has 4 heteroatoms. The van der Waals surface area contributed by atoms with Crippen molar-refractivity contribution in [3.05, 3.63) is 24.8 Å². The van der Waals surface area contributed by atoms with Gasteiger partial charge in [-0.05, 0) is 31.3 Å². The zero-order valence-corrected chi connectivity index (χ0v) is 11.7. The van der Waals surface area contributed by atoms with Crippen molar-refractivity contribution in [3.63, 3.8) is 0 Å². The maximum absolute atomic E-state index is 9.19. The van der Waals surface area contributed by atoms with E-state index in [4.69, 9.17) is 4.74 Å². The van der Waals surface area contributed by atoms with E-state index in [2.05, 4.69) is 32.3 Å². The number of aliphatic hydroxyl groups excluding tert-OH is 1. The van der Waals surface area contributed by atoms with Gasteiger partial charge in [0.05, 0.1) is 12.4 Å². The third-order valence-corrected chi connectivity index (χ3v) is 3.33. The molecule has 2 atom stereocenters. The Labute approximate surface area is 112 Å². The summed E-state index contributed by atoms with van der Waals surface area (Å²) in [5.74, 6) is 2.59. The molecule has 0 amide bonds. The summed E-state index contributed by atoms with van der Waals surface area (Å²) in [4.78, 5) is 0.